The van der Waals surface area contributed by atoms with Gasteiger partial charge in [0, 0.05) is 18.7 Å². The van der Waals surface area contributed by atoms with Crippen molar-refractivity contribution in [1.29, 1.82) is 0 Å². The van der Waals surface area contributed by atoms with Gasteiger partial charge in [0.25, 0.3) is 0 Å². The zero-order valence-corrected chi connectivity index (χ0v) is 10.2. The van der Waals surface area contributed by atoms with Crippen LogP contribution in [0.4, 0.5) is 0 Å². The average molecular weight is 251 g/mol. The number of hydrogen-bond acceptors (Lipinski definition) is 3. The lowest BCUT2D eigenvalue weighted by Gasteiger charge is -2.11. The van der Waals surface area contributed by atoms with E-state index in [2.05, 4.69) is 10.3 Å². The second-order valence-corrected chi connectivity index (χ2v) is 3.28. The second kappa shape index (κ2) is 6.88. The van der Waals surface area contributed by atoms with Gasteiger partial charge in [-0.3, -0.25) is 4.98 Å². The van der Waals surface area contributed by atoms with Crippen molar-refractivity contribution >= 4 is 24.8 Å². The largest absolute Gasteiger partial charge is 0.495 e. The topological polar surface area (TPSA) is 34.1 Å². The van der Waals surface area contributed by atoms with Crippen molar-refractivity contribution in [2.45, 2.75) is 12.3 Å². The fraction of sp³-hybridized carbons (Fsp3) is 0.500. The van der Waals surface area contributed by atoms with Gasteiger partial charge in [-0.2, -0.15) is 0 Å². The summed E-state index contributed by atoms with van der Waals surface area (Å²) in [4.78, 5) is 4.37. The molecule has 1 atom stereocenters. The molecule has 0 bridgehead atoms. The lowest BCUT2D eigenvalue weighted by molar-refractivity contribution is 0.403. The molecule has 1 aromatic rings. The number of pyridine rings is 1. The highest BCUT2D eigenvalue weighted by Gasteiger charge is 2.20. The standard InChI is InChI=1S/C10H14N2O.2ClH/c1-13-9-3-2-5-12-10(9)8-4-6-11-7-8;;/h2-3,5,8,11H,4,6-7H2,1H3;2*1H. The maximum Gasteiger partial charge on any atom is 0.140 e. The predicted molar refractivity (Wildman–Crippen MR) is 65.5 cm³/mol. The number of methoxy groups -OCH3 is 1. The number of aromatic nitrogens is 1. The van der Waals surface area contributed by atoms with E-state index < -0.39 is 0 Å². The fourth-order valence-corrected chi connectivity index (χ4v) is 1.77. The lowest BCUT2D eigenvalue weighted by Crippen LogP contribution is -2.09. The Hall–Kier alpha value is -0.510. The summed E-state index contributed by atoms with van der Waals surface area (Å²) in [5, 5.41) is 3.33. The molecule has 0 saturated carbocycles. The van der Waals surface area contributed by atoms with E-state index in [1.165, 1.54) is 0 Å². The first-order chi connectivity index (χ1) is 6.42. The fourth-order valence-electron chi connectivity index (χ4n) is 1.77. The van der Waals surface area contributed by atoms with Crippen LogP contribution >= 0.6 is 24.8 Å². The zero-order chi connectivity index (χ0) is 9.10. The summed E-state index contributed by atoms with van der Waals surface area (Å²) in [6.07, 6.45) is 2.99. The molecule has 15 heavy (non-hydrogen) atoms. The minimum absolute atomic E-state index is 0. The van der Waals surface area contributed by atoms with Crippen LogP contribution in [0.25, 0.3) is 0 Å². The van der Waals surface area contributed by atoms with Gasteiger partial charge in [0.15, 0.2) is 0 Å². The Balaban J connectivity index is 0.000000980. The molecule has 0 aliphatic carbocycles. The number of hydrogen-bond donors (Lipinski definition) is 1. The summed E-state index contributed by atoms with van der Waals surface area (Å²) < 4.78 is 5.27. The van der Waals surface area contributed by atoms with Crippen molar-refractivity contribution in [3.8, 4) is 5.75 Å². The Labute approximate surface area is 102 Å². The molecular weight excluding hydrogens is 235 g/mol. The van der Waals surface area contributed by atoms with Crippen LogP contribution in [-0.4, -0.2) is 25.2 Å². The van der Waals surface area contributed by atoms with E-state index in [0.717, 1.165) is 31.0 Å². The number of ether oxygens (including phenoxy) is 1. The minimum atomic E-state index is 0. The Morgan fingerprint density at radius 3 is 2.87 bits per heavy atom. The molecule has 1 unspecified atom stereocenters. The van der Waals surface area contributed by atoms with Crippen LogP contribution in [0.3, 0.4) is 0 Å². The maximum absolute atomic E-state index is 5.27. The molecule has 86 valence electrons. The first kappa shape index (κ1) is 14.5. The van der Waals surface area contributed by atoms with Crippen LogP contribution < -0.4 is 10.1 Å². The maximum atomic E-state index is 5.27. The van der Waals surface area contributed by atoms with Gasteiger partial charge in [-0.1, -0.05) is 0 Å². The van der Waals surface area contributed by atoms with Crippen molar-refractivity contribution in [2.24, 2.45) is 0 Å². The van der Waals surface area contributed by atoms with E-state index in [1.54, 1.807) is 7.11 Å². The molecule has 2 rings (SSSR count). The first-order valence-corrected chi connectivity index (χ1v) is 4.61. The molecule has 1 saturated heterocycles. The van der Waals surface area contributed by atoms with E-state index in [1.807, 2.05) is 18.3 Å². The Bertz CT molecular complexity index is 291. The molecule has 1 aliphatic rings. The van der Waals surface area contributed by atoms with E-state index >= 15 is 0 Å². The number of nitrogens with zero attached hydrogens (tertiary/aromatic N) is 1. The monoisotopic (exact) mass is 250 g/mol. The van der Waals surface area contributed by atoms with Gasteiger partial charge >= 0.3 is 0 Å². The normalized spacial score (nSPS) is 18.9. The van der Waals surface area contributed by atoms with Crippen molar-refractivity contribution in [1.82, 2.24) is 10.3 Å². The van der Waals surface area contributed by atoms with Gasteiger partial charge in [0.05, 0.1) is 12.8 Å². The van der Waals surface area contributed by atoms with E-state index in [9.17, 15) is 0 Å². The SMILES string of the molecule is COc1cccnc1C1CCNC1.Cl.Cl. The van der Waals surface area contributed by atoms with Gasteiger partial charge < -0.3 is 10.1 Å². The summed E-state index contributed by atoms with van der Waals surface area (Å²) in [6, 6.07) is 3.88. The molecule has 1 N–H and O–H groups in total. The quantitative estimate of drug-likeness (QED) is 0.873. The second-order valence-electron chi connectivity index (χ2n) is 3.28. The van der Waals surface area contributed by atoms with Crippen LogP contribution in [-0.2, 0) is 0 Å². The number of halogens is 2. The van der Waals surface area contributed by atoms with Crippen molar-refractivity contribution in [2.75, 3.05) is 20.2 Å². The van der Waals surface area contributed by atoms with Gasteiger partial charge in [-0.05, 0) is 25.1 Å². The smallest absolute Gasteiger partial charge is 0.140 e. The summed E-state index contributed by atoms with van der Waals surface area (Å²) in [6.45, 7) is 2.11. The molecule has 3 nitrogen and oxygen atoms in total. The first-order valence-electron chi connectivity index (χ1n) is 4.61. The van der Waals surface area contributed by atoms with Gasteiger partial charge in [-0.15, -0.1) is 24.8 Å². The molecule has 1 fully saturated rings. The predicted octanol–water partition coefficient (Wildman–Crippen LogP) is 2.01. The Morgan fingerprint density at radius 2 is 2.27 bits per heavy atom. The molecule has 0 spiro atoms. The number of nitrogens with one attached hydrogen (secondary N) is 1. The lowest BCUT2D eigenvalue weighted by atomic mass is 10.0. The van der Waals surface area contributed by atoms with Crippen LogP contribution in [0, 0.1) is 0 Å². The molecule has 2 heterocycles. The highest BCUT2D eigenvalue weighted by molar-refractivity contribution is 5.85. The van der Waals surface area contributed by atoms with Crippen LogP contribution in [0.1, 0.15) is 18.0 Å². The van der Waals surface area contributed by atoms with E-state index in [-0.39, 0.29) is 24.8 Å². The van der Waals surface area contributed by atoms with E-state index in [0.29, 0.717) is 5.92 Å². The molecule has 1 aromatic heterocycles. The summed E-state index contributed by atoms with van der Waals surface area (Å²) in [7, 11) is 1.70. The molecule has 0 radical (unpaired) electrons. The summed E-state index contributed by atoms with van der Waals surface area (Å²) >= 11 is 0. The van der Waals surface area contributed by atoms with Gasteiger partial charge in [0.1, 0.15) is 5.75 Å². The van der Waals surface area contributed by atoms with Crippen LogP contribution in [0.5, 0.6) is 5.75 Å². The van der Waals surface area contributed by atoms with Crippen molar-refractivity contribution in [3.63, 3.8) is 0 Å². The molecule has 0 aromatic carbocycles. The third kappa shape index (κ3) is 3.23. The van der Waals surface area contributed by atoms with Crippen LogP contribution in [0.2, 0.25) is 0 Å². The highest BCUT2D eigenvalue weighted by Crippen LogP contribution is 2.27. The third-order valence-corrected chi connectivity index (χ3v) is 2.47. The highest BCUT2D eigenvalue weighted by atomic mass is 35.5. The van der Waals surface area contributed by atoms with E-state index in [4.69, 9.17) is 4.74 Å². The van der Waals surface area contributed by atoms with Crippen molar-refractivity contribution < 1.29 is 4.74 Å². The molecule has 0 amide bonds. The molecular formula is C10H16Cl2N2O. The van der Waals surface area contributed by atoms with Gasteiger partial charge in [-0.25, -0.2) is 0 Å². The van der Waals surface area contributed by atoms with Crippen LogP contribution in [0.15, 0.2) is 18.3 Å². The summed E-state index contributed by atoms with van der Waals surface area (Å²) in [5.41, 5.74) is 1.09. The Morgan fingerprint density at radius 1 is 1.47 bits per heavy atom. The van der Waals surface area contributed by atoms with Crippen molar-refractivity contribution in [3.05, 3.63) is 24.0 Å². The molecule has 1 aliphatic heterocycles. The molecule has 5 heteroatoms. The summed E-state index contributed by atoms with van der Waals surface area (Å²) in [5.74, 6) is 1.44. The Kier molecular flexibility index (Phi) is 6.65. The average Bonchev–Trinajstić information content (AvgIpc) is 2.70. The van der Waals surface area contributed by atoms with Gasteiger partial charge in [0.2, 0.25) is 0 Å². The third-order valence-electron chi connectivity index (χ3n) is 2.47. The minimum Gasteiger partial charge on any atom is -0.495 e. The number of rotatable bonds is 2. The zero-order valence-electron chi connectivity index (χ0n) is 8.60.